The number of thiophene rings is 1. The summed E-state index contributed by atoms with van der Waals surface area (Å²) in [5, 5.41) is 2.61. The van der Waals surface area contributed by atoms with Gasteiger partial charge in [0.2, 0.25) is 0 Å². The Morgan fingerprint density at radius 2 is 2.00 bits per heavy atom. The van der Waals surface area contributed by atoms with Crippen LogP contribution in [0.4, 0.5) is 5.82 Å². The molecule has 108 valence electrons. The summed E-state index contributed by atoms with van der Waals surface area (Å²) >= 11 is 7.91. The van der Waals surface area contributed by atoms with Crippen LogP contribution in [0.25, 0.3) is 0 Å². The molecule has 3 nitrogen and oxygen atoms in total. The molecule has 0 N–H and O–H groups in total. The summed E-state index contributed by atoms with van der Waals surface area (Å²) in [6.45, 7) is 9.33. The summed E-state index contributed by atoms with van der Waals surface area (Å²) in [6.07, 6.45) is 0. The highest BCUT2D eigenvalue weighted by atomic mass is 35.5. The molecule has 0 aliphatic rings. The third-order valence-electron chi connectivity index (χ3n) is 3.04. The van der Waals surface area contributed by atoms with Crippen LogP contribution in [-0.2, 0) is 6.54 Å². The molecule has 0 spiro atoms. The summed E-state index contributed by atoms with van der Waals surface area (Å²) in [4.78, 5) is 12.5. The first-order chi connectivity index (χ1) is 9.47. The maximum Gasteiger partial charge on any atom is 0.135 e. The Balaban J connectivity index is 2.33. The Hall–Kier alpha value is -1.13. The van der Waals surface area contributed by atoms with E-state index in [-0.39, 0.29) is 5.92 Å². The third-order valence-corrected chi connectivity index (χ3v) is 4.09. The van der Waals surface area contributed by atoms with E-state index in [1.807, 2.05) is 6.07 Å². The van der Waals surface area contributed by atoms with Crippen molar-refractivity contribution in [1.82, 2.24) is 9.97 Å². The van der Waals surface area contributed by atoms with E-state index in [0.29, 0.717) is 11.2 Å². The van der Waals surface area contributed by atoms with Crippen LogP contribution in [0.3, 0.4) is 0 Å². The molecule has 0 radical (unpaired) electrons. The lowest BCUT2D eigenvalue weighted by molar-refractivity contribution is 0.666. The number of hydrogen-bond acceptors (Lipinski definition) is 4. The SMILES string of the molecule is CC(C)c1nc(Cl)cc(N(Cc2cccs2)C(C)C)n1. The standard InChI is InChI=1S/C15H20ClN3S/c1-10(2)15-17-13(16)8-14(18-15)19(11(3)4)9-12-6-5-7-20-12/h5-8,10-11H,9H2,1-4H3. The van der Waals surface area contributed by atoms with E-state index in [2.05, 4.69) is 60.1 Å². The number of halogens is 1. The van der Waals surface area contributed by atoms with E-state index >= 15 is 0 Å². The van der Waals surface area contributed by atoms with Crippen molar-refractivity contribution in [2.45, 2.75) is 46.2 Å². The Kier molecular flexibility index (Phi) is 5.00. The molecule has 2 heterocycles. The zero-order valence-electron chi connectivity index (χ0n) is 12.3. The summed E-state index contributed by atoms with van der Waals surface area (Å²) < 4.78 is 0. The maximum atomic E-state index is 6.15. The molecule has 0 saturated carbocycles. The highest BCUT2D eigenvalue weighted by molar-refractivity contribution is 7.09. The Bertz CT molecular complexity index is 552. The molecule has 2 rings (SSSR count). The van der Waals surface area contributed by atoms with Gasteiger partial charge in [0.15, 0.2) is 0 Å². The second-order valence-electron chi connectivity index (χ2n) is 5.36. The number of rotatable bonds is 5. The number of aromatic nitrogens is 2. The van der Waals surface area contributed by atoms with Crippen LogP contribution in [0.15, 0.2) is 23.6 Å². The van der Waals surface area contributed by atoms with Gasteiger partial charge >= 0.3 is 0 Å². The predicted octanol–water partition coefficient (Wildman–Crippen LogP) is 4.73. The van der Waals surface area contributed by atoms with E-state index < -0.39 is 0 Å². The molecule has 2 aromatic rings. The molecule has 0 unspecified atom stereocenters. The van der Waals surface area contributed by atoms with Crippen LogP contribution in [0, 0.1) is 0 Å². The maximum absolute atomic E-state index is 6.15. The van der Waals surface area contributed by atoms with E-state index in [0.717, 1.165) is 18.2 Å². The molecular weight excluding hydrogens is 290 g/mol. The van der Waals surface area contributed by atoms with E-state index in [4.69, 9.17) is 11.6 Å². The van der Waals surface area contributed by atoms with E-state index in [1.54, 1.807) is 11.3 Å². The Morgan fingerprint density at radius 1 is 1.25 bits per heavy atom. The number of hydrogen-bond donors (Lipinski definition) is 0. The van der Waals surface area contributed by atoms with Crippen molar-refractivity contribution in [2.24, 2.45) is 0 Å². The minimum atomic E-state index is 0.267. The molecule has 20 heavy (non-hydrogen) atoms. The van der Waals surface area contributed by atoms with Crippen molar-refractivity contribution >= 4 is 28.8 Å². The molecule has 0 aromatic carbocycles. The van der Waals surface area contributed by atoms with Gasteiger partial charge in [0.25, 0.3) is 0 Å². The lowest BCUT2D eigenvalue weighted by Gasteiger charge is -2.28. The van der Waals surface area contributed by atoms with E-state index in [9.17, 15) is 0 Å². The zero-order chi connectivity index (χ0) is 14.7. The minimum Gasteiger partial charge on any atom is -0.349 e. The van der Waals surface area contributed by atoms with Crippen molar-refractivity contribution in [1.29, 1.82) is 0 Å². The van der Waals surface area contributed by atoms with Crippen LogP contribution in [0.1, 0.15) is 44.3 Å². The molecule has 5 heteroatoms. The quantitative estimate of drug-likeness (QED) is 0.748. The molecule has 0 amide bonds. The molecular formula is C15H20ClN3S. The zero-order valence-corrected chi connectivity index (χ0v) is 13.9. The summed E-state index contributed by atoms with van der Waals surface area (Å²) in [5.74, 6) is 1.96. The highest BCUT2D eigenvalue weighted by Gasteiger charge is 2.16. The molecule has 0 bridgehead atoms. The predicted molar refractivity (Wildman–Crippen MR) is 86.8 cm³/mol. The lowest BCUT2D eigenvalue weighted by atomic mass is 10.2. The minimum absolute atomic E-state index is 0.267. The average molecular weight is 310 g/mol. The highest BCUT2D eigenvalue weighted by Crippen LogP contribution is 2.24. The normalized spacial score (nSPS) is 11.3. The Morgan fingerprint density at radius 3 is 2.55 bits per heavy atom. The van der Waals surface area contributed by atoms with Crippen molar-refractivity contribution in [2.75, 3.05) is 4.90 Å². The van der Waals surface area contributed by atoms with Crippen molar-refractivity contribution in [3.63, 3.8) is 0 Å². The molecule has 0 fully saturated rings. The number of nitrogens with zero attached hydrogens (tertiary/aromatic N) is 3. The summed E-state index contributed by atoms with van der Waals surface area (Å²) in [6, 6.07) is 6.42. The molecule has 2 aromatic heterocycles. The second-order valence-corrected chi connectivity index (χ2v) is 6.78. The van der Waals surface area contributed by atoms with E-state index in [1.165, 1.54) is 4.88 Å². The molecule has 0 aliphatic heterocycles. The first-order valence-corrected chi connectivity index (χ1v) is 8.06. The first-order valence-electron chi connectivity index (χ1n) is 6.81. The molecule has 0 aliphatic carbocycles. The van der Waals surface area contributed by atoms with Gasteiger partial charge in [0.05, 0.1) is 6.54 Å². The van der Waals surface area contributed by atoms with Gasteiger partial charge in [0, 0.05) is 22.9 Å². The lowest BCUT2D eigenvalue weighted by Crippen LogP contribution is -2.31. The van der Waals surface area contributed by atoms with Gasteiger partial charge in [-0.15, -0.1) is 11.3 Å². The number of anilines is 1. The van der Waals surface area contributed by atoms with Crippen LogP contribution in [0.5, 0.6) is 0 Å². The smallest absolute Gasteiger partial charge is 0.135 e. The van der Waals surface area contributed by atoms with Gasteiger partial charge in [-0.25, -0.2) is 9.97 Å². The Labute approximate surface area is 129 Å². The molecule has 0 atom stereocenters. The van der Waals surface area contributed by atoms with Gasteiger partial charge in [-0.05, 0) is 25.3 Å². The fourth-order valence-corrected chi connectivity index (χ4v) is 2.81. The van der Waals surface area contributed by atoms with Crippen molar-refractivity contribution < 1.29 is 0 Å². The fourth-order valence-electron chi connectivity index (χ4n) is 1.93. The largest absolute Gasteiger partial charge is 0.349 e. The van der Waals surface area contributed by atoms with Gasteiger partial charge in [0.1, 0.15) is 16.8 Å². The van der Waals surface area contributed by atoms with Gasteiger partial charge in [-0.2, -0.15) is 0 Å². The summed E-state index contributed by atoms with van der Waals surface area (Å²) in [7, 11) is 0. The van der Waals surface area contributed by atoms with Gasteiger partial charge in [-0.1, -0.05) is 31.5 Å². The van der Waals surface area contributed by atoms with Crippen LogP contribution >= 0.6 is 22.9 Å². The average Bonchev–Trinajstić information content (AvgIpc) is 2.87. The van der Waals surface area contributed by atoms with Crippen molar-refractivity contribution in [3.8, 4) is 0 Å². The summed E-state index contributed by atoms with van der Waals surface area (Å²) in [5.41, 5.74) is 0. The first kappa shape index (κ1) is 15.3. The monoisotopic (exact) mass is 309 g/mol. The van der Waals surface area contributed by atoms with Crippen molar-refractivity contribution in [3.05, 3.63) is 39.4 Å². The van der Waals surface area contributed by atoms with Crippen LogP contribution < -0.4 is 4.90 Å². The van der Waals surface area contributed by atoms with Crippen LogP contribution in [-0.4, -0.2) is 16.0 Å². The topological polar surface area (TPSA) is 29.0 Å². The third kappa shape index (κ3) is 3.70. The second kappa shape index (κ2) is 6.55. The van der Waals surface area contributed by atoms with Gasteiger partial charge < -0.3 is 4.90 Å². The molecule has 0 saturated heterocycles. The fraction of sp³-hybridized carbons (Fsp3) is 0.467. The van der Waals surface area contributed by atoms with Gasteiger partial charge in [-0.3, -0.25) is 0 Å². The van der Waals surface area contributed by atoms with Crippen LogP contribution in [0.2, 0.25) is 5.15 Å².